The molecule has 0 saturated heterocycles. The number of hydrogen-bond donors (Lipinski definition) is 1. The van der Waals surface area contributed by atoms with Gasteiger partial charge in [0.15, 0.2) is 0 Å². The Kier molecular flexibility index (Phi) is 3.11. The quantitative estimate of drug-likeness (QED) is 0.777. The van der Waals surface area contributed by atoms with E-state index in [9.17, 15) is 0 Å². The van der Waals surface area contributed by atoms with Crippen LogP contribution in [0.3, 0.4) is 0 Å². The molecule has 0 aromatic heterocycles. The molecule has 0 aliphatic heterocycles. The molecule has 0 bridgehead atoms. The van der Waals surface area contributed by atoms with Crippen molar-refractivity contribution in [2.24, 2.45) is 5.92 Å². The first kappa shape index (κ1) is 10.7. The van der Waals surface area contributed by atoms with Crippen molar-refractivity contribution in [3.8, 4) is 0 Å². The third kappa shape index (κ3) is 1.81. The lowest BCUT2D eigenvalue weighted by Gasteiger charge is -2.43. The van der Waals surface area contributed by atoms with E-state index in [1.165, 1.54) is 31.2 Å². The van der Waals surface area contributed by atoms with Crippen LogP contribution in [0, 0.1) is 5.92 Å². The molecular weight excluding hydrogens is 182 g/mol. The van der Waals surface area contributed by atoms with Gasteiger partial charge in [-0.25, -0.2) is 0 Å². The van der Waals surface area contributed by atoms with Gasteiger partial charge in [-0.3, -0.25) is 0 Å². The van der Waals surface area contributed by atoms with Crippen LogP contribution in [-0.4, -0.2) is 7.05 Å². The van der Waals surface area contributed by atoms with Gasteiger partial charge in [-0.05, 0) is 31.4 Å². The van der Waals surface area contributed by atoms with Crippen molar-refractivity contribution in [1.29, 1.82) is 0 Å². The molecule has 2 rings (SSSR count). The summed E-state index contributed by atoms with van der Waals surface area (Å²) in [7, 11) is 2.11. The summed E-state index contributed by atoms with van der Waals surface area (Å²) in [5.74, 6) is 0.735. The summed E-state index contributed by atoms with van der Waals surface area (Å²) in [6.45, 7) is 2.38. The van der Waals surface area contributed by atoms with E-state index in [4.69, 9.17) is 0 Å². The van der Waals surface area contributed by atoms with E-state index in [-0.39, 0.29) is 5.54 Å². The molecular formula is C14H21N. The molecule has 2 atom stereocenters. The molecule has 1 aromatic carbocycles. The third-order valence-electron chi connectivity index (χ3n) is 4.03. The summed E-state index contributed by atoms with van der Waals surface area (Å²) in [6.07, 6.45) is 5.35. The van der Waals surface area contributed by atoms with Gasteiger partial charge in [0.1, 0.15) is 0 Å². The van der Waals surface area contributed by atoms with Crippen LogP contribution < -0.4 is 5.32 Å². The summed E-state index contributed by atoms with van der Waals surface area (Å²) in [6, 6.07) is 10.9. The van der Waals surface area contributed by atoms with Crippen LogP contribution in [0.25, 0.3) is 0 Å². The average Bonchev–Trinajstić information content (AvgIpc) is 2.31. The van der Waals surface area contributed by atoms with Crippen molar-refractivity contribution < 1.29 is 0 Å². The summed E-state index contributed by atoms with van der Waals surface area (Å²) in [4.78, 5) is 0. The molecule has 1 fully saturated rings. The second kappa shape index (κ2) is 4.36. The third-order valence-corrected chi connectivity index (χ3v) is 4.03. The zero-order valence-electron chi connectivity index (χ0n) is 9.79. The van der Waals surface area contributed by atoms with E-state index in [0.29, 0.717) is 0 Å². The van der Waals surface area contributed by atoms with Crippen molar-refractivity contribution in [2.45, 2.75) is 38.1 Å². The molecule has 1 nitrogen and oxygen atoms in total. The van der Waals surface area contributed by atoms with E-state index in [2.05, 4.69) is 49.6 Å². The molecule has 1 saturated carbocycles. The highest BCUT2D eigenvalue weighted by Gasteiger charge is 2.37. The molecule has 15 heavy (non-hydrogen) atoms. The molecule has 1 unspecified atom stereocenters. The van der Waals surface area contributed by atoms with Crippen molar-refractivity contribution in [3.63, 3.8) is 0 Å². The molecule has 1 aromatic rings. The van der Waals surface area contributed by atoms with Crippen molar-refractivity contribution in [3.05, 3.63) is 35.9 Å². The molecule has 0 spiro atoms. The van der Waals surface area contributed by atoms with E-state index < -0.39 is 0 Å². The Morgan fingerprint density at radius 2 is 1.93 bits per heavy atom. The molecule has 0 radical (unpaired) electrons. The standard InChI is InChI=1S/C14H21N/c1-12-8-6-7-11-14(12,15-2)13-9-4-3-5-10-13/h3-5,9-10,12,15H,6-8,11H2,1-2H3/t12?,14-/m1/s1. The second-order valence-corrected chi connectivity index (χ2v) is 4.73. The summed E-state index contributed by atoms with van der Waals surface area (Å²) >= 11 is 0. The van der Waals surface area contributed by atoms with Gasteiger partial charge in [0.05, 0.1) is 0 Å². The van der Waals surface area contributed by atoms with Gasteiger partial charge >= 0.3 is 0 Å². The van der Waals surface area contributed by atoms with Gasteiger partial charge in [0.25, 0.3) is 0 Å². The van der Waals surface area contributed by atoms with E-state index in [1.807, 2.05) is 0 Å². The molecule has 0 amide bonds. The lowest BCUT2D eigenvalue weighted by molar-refractivity contribution is 0.165. The van der Waals surface area contributed by atoms with Crippen LogP contribution in [-0.2, 0) is 5.54 Å². The lowest BCUT2D eigenvalue weighted by Crippen LogP contribution is -2.47. The second-order valence-electron chi connectivity index (χ2n) is 4.73. The first-order valence-electron chi connectivity index (χ1n) is 6.04. The van der Waals surface area contributed by atoms with Crippen LogP contribution in [0.4, 0.5) is 0 Å². The van der Waals surface area contributed by atoms with E-state index >= 15 is 0 Å². The van der Waals surface area contributed by atoms with E-state index in [1.54, 1.807) is 0 Å². The highest BCUT2D eigenvalue weighted by atomic mass is 15.0. The van der Waals surface area contributed by atoms with Gasteiger partial charge in [0.2, 0.25) is 0 Å². The van der Waals surface area contributed by atoms with Crippen LogP contribution >= 0.6 is 0 Å². The summed E-state index contributed by atoms with van der Waals surface area (Å²) in [5, 5.41) is 3.58. The van der Waals surface area contributed by atoms with Crippen LogP contribution in [0.5, 0.6) is 0 Å². The summed E-state index contributed by atoms with van der Waals surface area (Å²) < 4.78 is 0. The molecule has 1 N–H and O–H groups in total. The number of rotatable bonds is 2. The predicted molar refractivity (Wildman–Crippen MR) is 64.8 cm³/mol. The van der Waals surface area contributed by atoms with Crippen molar-refractivity contribution in [2.75, 3.05) is 7.05 Å². The SMILES string of the molecule is CN[C@]1(c2ccccc2)CCCCC1C. The normalized spacial score (nSPS) is 31.5. The van der Waals surface area contributed by atoms with Crippen LogP contribution in [0.15, 0.2) is 30.3 Å². The first-order valence-corrected chi connectivity index (χ1v) is 6.04. The maximum absolute atomic E-state index is 3.58. The highest BCUT2D eigenvalue weighted by Crippen LogP contribution is 2.40. The Bertz CT molecular complexity index is 306. The maximum Gasteiger partial charge on any atom is 0.0458 e. The fourth-order valence-corrected chi connectivity index (χ4v) is 3.03. The zero-order valence-corrected chi connectivity index (χ0v) is 9.79. The Balaban J connectivity index is 2.35. The van der Waals surface area contributed by atoms with Crippen LogP contribution in [0.2, 0.25) is 0 Å². The van der Waals surface area contributed by atoms with Gasteiger partial charge in [-0.2, -0.15) is 0 Å². The number of benzene rings is 1. The molecule has 1 aliphatic carbocycles. The van der Waals surface area contributed by atoms with Gasteiger partial charge in [0, 0.05) is 5.54 Å². The molecule has 1 heteroatoms. The monoisotopic (exact) mass is 203 g/mol. The minimum Gasteiger partial charge on any atom is -0.310 e. The topological polar surface area (TPSA) is 12.0 Å². The van der Waals surface area contributed by atoms with Gasteiger partial charge in [-0.1, -0.05) is 50.1 Å². The lowest BCUT2D eigenvalue weighted by atomic mass is 9.70. The van der Waals surface area contributed by atoms with Gasteiger partial charge in [-0.15, -0.1) is 0 Å². The Hall–Kier alpha value is -0.820. The fraction of sp³-hybridized carbons (Fsp3) is 0.571. The maximum atomic E-state index is 3.58. The molecule has 82 valence electrons. The van der Waals surface area contributed by atoms with Crippen LogP contribution in [0.1, 0.15) is 38.2 Å². The van der Waals surface area contributed by atoms with E-state index in [0.717, 1.165) is 5.92 Å². The van der Waals surface area contributed by atoms with Gasteiger partial charge < -0.3 is 5.32 Å². The Morgan fingerprint density at radius 1 is 1.20 bits per heavy atom. The van der Waals surface area contributed by atoms with Crippen molar-refractivity contribution in [1.82, 2.24) is 5.32 Å². The minimum absolute atomic E-state index is 0.222. The minimum atomic E-state index is 0.222. The molecule has 0 heterocycles. The number of hydrogen-bond acceptors (Lipinski definition) is 1. The number of nitrogens with one attached hydrogen (secondary N) is 1. The summed E-state index contributed by atoms with van der Waals surface area (Å²) in [5.41, 5.74) is 1.68. The predicted octanol–water partition coefficient (Wildman–Crippen LogP) is 3.31. The molecule has 1 aliphatic rings. The highest BCUT2D eigenvalue weighted by molar-refractivity contribution is 5.26. The zero-order chi connectivity index (χ0) is 10.7. The smallest absolute Gasteiger partial charge is 0.0458 e. The van der Waals surface area contributed by atoms with Crippen molar-refractivity contribution >= 4 is 0 Å². The fourth-order valence-electron chi connectivity index (χ4n) is 3.03. The Morgan fingerprint density at radius 3 is 2.53 bits per heavy atom. The Labute approximate surface area is 92.9 Å². The first-order chi connectivity index (χ1) is 7.29. The average molecular weight is 203 g/mol. The largest absolute Gasteiger partial charge is 0.310 e.